The maximum atomic E-state index is 12.7. The topological polar surface area (TPSA) is 77.8 Å². The monoisotopic (exact) mass is 335 g/mol. The van der Waals surface area contributed by atoms with Gasteiger partial charge < -0.3 is 0 Å². The van der Waals surface area contributed by atoms with Gasteiger partial charge in [0, 0.05) is 0 Å². The van der Waals surface area contributed by atoms with Gasteiger partial charge in [0.15, 0.2) is 0 Å². The molecule has 6 nitrogen and oxygen atoms in total. The van der Waals surface area contributed by atoms with E-state index >= 15 is 0 Å². The first-order chi connectivity index (χ1) is 11.1. The molecule has 0 radical (unpaired) electrons. The molecule has 2 aromatic rings. The van der Waals surface area contributed by atoms with Gasteiger partial charge in [-0.3, -0.25) is 4.57 Å². The third-order valence-electron chi connectivity index (χ3n) is 3.07. The van der Waals surface area contributed by atoms with Gasteiger partial charge >= 0.3 is 7.60 Å². The molecule has 23 heavy (non-hydrogen) atoms. The summed E-state index contributed by atoms with van der Waals surface area (Å²) < 4.78 is 22.6. The Morgan fingerprint density at radius 3 is 2.17 bits per heavy atom. The summed E-state index contributed by atoms with van der Waals surface area (Å²) in [6, 6.07) is 13.0. The maximum absolute atomic E-state index is 12.7. The van der Waals surface area contributed by atoms with Crippen LogP contribution in [0.25, 0.3) is 10.8 Å². The quantitative estimate of drug-likeness (QED) is 0.406. The highest BCUT2D eigenvalue weighted by molar-refractivity contribution is 7.52. The average Bonchev–Trinajstić information content (AvgIpc) is 2.59. The number of hydrogen-bond acceptors (Lipinski definition) is 6. The van der Waals surface area contributed by atoms with Crippen LogP contribution in [0, 0.1) is 11.3 Å². The molecule has 0 heterocycles. The second-order valence-corrected chi connectivity index (χ2v) is 6.50. The highest BCUT2D eigenvalue weighted by atomic mass is 31.2. The van der Waals surface area contributed by atoms with Gasteiger partial charge in [-0.2, -0.15) is 5.26 Å². The number of rotatable bonds is 8. The van der Waals surface area contributed by atoms with Crippen LogP contribution >= 0.6 is 7.60 Å². The summed E-state index contributed by atoms with van der Waals surface area (Å²) in [4.78, 5) is 9.61. The summed E-state index contributed by atoms with van der Waals surface area (Å²) in [5.41, 5.74) is 1.28. The van der Waals surface area contributed by atoms with Crippen molar-refractivity contribution in [2.45, 2.75) is 20.0 Å². The van der Waals surface area contributed by atoms with Crippen LogP contribution in [0.1, 0.15) is 25.0 Å². The number of fused-ring (bicyclic) bond motifs is 1. The largest absolute Gasteiger partial charge is 0.388 e. The average molecular weight is 335 g/mol. The fourth-order valence-corrected chi connectivity index (χ4v) is 3.49. The van der Waals surface area contributed by atoms with Gasteiger partial charge in [0.2, 0.25) is 0 Å². The van der Waals surface area contributed by atoms with Gasteiger partial charge in [-0.15, -0.1) is 9.35 Å². The first-order valence-corrected chi connectivity index (χ1v) is 8.98. The van der Waals surface area contributed by atoms with Crippen LogP contribution in [0.3, 0.4) is 0 Å². The third kappa shape index (κ3) is 4.38. The summed E-state index contributed by atoms with van der Waals surface area (Å²) in [7, 11) is -3.63. The van der Waals surface area contributed by atoms with Crippen molar-refractivity contribution in [2.24, 2.45) is 0 Å². The first-order valence-electron chi connectivity index (χ1n) is 7.25. The molecule has 0 bridgehead atoms. The van der Waals surface area contributed by atoms with Gasteiger partial charge in [-0.05, 0) is 36.2 Å². The van der Waals surface area contributed by atoms with E-state index in [-0.39, 0.29) is 19.4 Å². The van der Waals surface area contributed by atoms with E-state index in [9.17, 15) is 9.83 Å². The minimum absolute atomic E-state index is 0.0285. The zero-order chi connectivity index (χ0) is 16.7. The Balaban J connectivity index is 2.39. The van der Waals surface area contributed by atoms with Gasteiger partial charge in [0.1, 0.15) is 0 Å². The van der Waals surface area contributed by atoms with E-state index < -0.39 is 7.60 Å². The van der Waals surface area contributed by atoms with E-state index in [0.717, 1.165) is 16.3 Å². The minimum Gasteiger partial charge on any atom is -0.255 e. The molecule has 0 aliphatic heterocycles. The lowest BCUT2D eigenvalue weighted by atomic mass is 10.0. The molecule has 122 valence electrons. The van der Waals surface area contributed by atoms with Crippen molar-refractivity contribution in [2.75, 3.05) is 13.2 Å². The molecule has 2 aromatic carbocycles. The predicted octanol–water partition coefficient (Wildman–Crippen LogP) is 4.34. The fraction of sp³-hybridized carbons (Fsp3) is 0.312. The van der Waals surface area contributed by atoms with Crippen molar-refractivity contribution in [1.82, 2.24) is 0 Å². The molecule has 0 atom stereocenters. The van der Waals surface area contributed by atoms with Crippen LogP contribution in [-0.2, 0) is 29.9 Å². The smallest absolute Gasteiger partial charge is 0.255 e. The molecule has 0 aliphatic rings. The van der Waals surface area contributed by atoms with E-state index in [2.05, 4.69) is 6.07 Å². The van der Waals surface area contributed by atoms with Gasteiger partial charge in [0.05, 0.1) is 31.0 Å². The molecule has 0 spiro atoms. The van der Waals surface area contributed by atoms with Crippen molar-refractivity contribution in [1.29, 1.82) is 5.26 Å². The molecule has 0 aliphatic carbocycles. The minimum atomic E-state index is -3.63. The molecule has 0 N–H and O–H groups in total. The van der Waals surface area contributed by atoms with E-state index in [1.807, 2.05) is 24.3 Å². The van der Waals surface area contributed by atoms with E-state index in [1.165, 1.54) is 0 Å². The second-order valence-electron chi connectivity index (χ2n) is 4.66. The molecule has 7 heteroatoms. The van der Waals surface area contributed by atoms with Gasteiger partial charge in [0.25, 0.3) is 0 Å². The molecule has 0 amide bonds. The second kappa shape index (κ2) is 8.21. The van der Waals surface area contributed by atoms with Crippen molar-refractivity contribution in [3.8, 4) is 6.07 Å². The lowest BCUT2D eigenvalue weighted by Gasteiger charge is -2.16. The molecule has 0 fully saturated rings. The summed E-state index contributed by atoms with van der Waals surface area (Å²) in [6.07, 6.45) is -0.0285. The summed E-state index contributed by atoms with van der Waals surface area (Å²) in [6.45, 7) is 3.88. The van der Waals surface area contributed by atoms with Crippen LogP contribution in [0.2, 0.25) is 0 Å². The molecule has 2 rings (SSSR count). The van der Waals surface area contributed by atoms with E-state index in [1.54, 1.807) is 26.0 Å². The Kier molecular flexibility index (Phi) is 6.28. The van der Waals surface area contributed by atoms with E-state index in [0.29, 0.717) is 5.56 Å². The van der Waals surface area contributed by atoms with Crippen molar-refractivity contribution in [3.05, 3.63) is 47.5 Å². The van der Waals surface area contributed by atoms with Crippen LogP contribution < -0.4 is 0 Å². The Labute approximate surface area is 134 Å². The molecule has 0 aromatic heterocycles. The number of hydrogen-bond donors (Lipinski definition) is 0. The SMILES string of the molecule is CCOOP(=O)(Cc1ccc(C#N)c2ccccc12)OOCC. The Hall–Kier alpha value is -1.74. The zero-order valence-electron chi connectivity index (χ0n) is 13.0. The van der Waals surface area contributed by atoms with Gasteiger partial charge in [-0.1, -0.05) is 30.3 Å². The van der Waals surface area contributed by atoms with Crippen molar-refractivity contribution in [3.63, 3.8) is 0 Å². The summed E-state index contributed by atoms with van der Waals surface area (Å²) >= 11 is 0. The highest BCUT2D eigenvalue weighted by Crippen LogP contribution is 2.52. The normalized spacial score (nSPS) is 11.5. The van der Waals surface area contributed by atoms with Crippen LogP contribution in [0.15, 0.2) is 36.4 Å². The molecule has 0 unspecified atom stereocenters. The van der Waals surface area contributed by atoms with Crippen LogP contribution in [0.5, 0.6) is 0 Å². The van der Waals surface area contributed by atoms with E-state index in [4.69, 9.17) is 19.1 Å². The predicted molar refractivity (Wildman–Crippen MR) is 85.4 cm³/mol. The third-order valence-corrected chi connectivity index (χ3v) is 4.46. The number of nitriles is 1. The Morgan fingerprint density at radius 1 is 1.00 bits per heavy atom. The van der Waals surface area contributed by atoms with Crippen molar-refractivity contribution < 1.29 is 23.7 Å². The number of nitrogens with zero attached hydrogens (tertiary/aromatic N) is 1. The Bertz CT molecular complexity index is 744. The first kappa shape index (κ1) is 17.6. The molecular formula is C16H18NO5P. The lowest BCUT2D eigenvalue weighted by Crippen LogP contribution is -2.02. The maximum Gasteiger partial charge on any atom is 0.388 e. The van der Waals surface area contributed by atoms with Gasteiger partial charge in [-0.25, -0.2) is 9.78 Å². The van der Waals surface area contributed by atoms with Crippen LogP contribution in [-0.4, -0.2) is 13.2 Å². The molecular weight excluding hydrogens is 317 g/mol. The fourth-order valence-electron chi connectivity index (χ4n) is 2.14. The van der Waals surface area contributed by atoms with Crippen molar-refractivity contribution >= 4 is 18.4 Å². The standard InChI is InChI=1S/C16H18NO5P/c1-3-19-21-23(18,22-20-4-2)12-14-10-9-13(11-17)15-7-5-6-8-16(14)15/h5-10H,3-4,12H2,1-2H3. The lowest BCUT2D eigenvalue weighted by molar-refractivity contribution is -0.263. The highest BCUT2D eigenvalue weighted by Gasteiger charge is 2.29. The zero-order valence-corrected chi connectivity index (χ0v) is 13.9. The summed E-state index contributed by atoms with van der Waals surface area (Å²) in [5, 5.41) is 10.8. The van der Waals surface area contributed by atoms with Crippen LogP contribution in [0.4, 0.5) is 0 Å². The Morgan fingerprint density at radius 2 is 1.61 bits per heavy atom. The summed E-state index contributed by atoms with van der Waals surface area (Å²) in [5.74, 6) is 0. The molecule has 0 saturated carbocycles. The number of benzene rings is 2. The molecule has 0 saturated heterocycles.